The number of amides is 2. The van der Waals surface area contributed by atoms with Gasteiger partial charge in [0.1, 0.15) is 6.61 Å². The van der Waals surface area contributed by atoms with E-state index in [-0.39, 0.29) is 30.6 Å². The highest BCUT2D eigenvalue weighted by Crippen LogP contribution is 2.28. The summed E-state index contributed by atoms with van der Waals surface area (Å²) in [5, 5.41) is 5.42. The lowest BCUT2D eigenvalue weighted by Gasteiger charge is -2.35. The number of hydrogen-bond acceptors (Lipinski definition) is 7. The number of cyclic esters (lactones) is 2. The molecule has 0 spiro atoms. The molecule has 0 radical (unpaired) electrons. The SMILES string of the molecule is CC(C)CC(=O)SCCNC(=O)CCNC(=O)[C@@H]1OC(=O)OCC1(C)C. The van der Waals surface area contributed by atoms with Crippen molar-refractivity contribution < 1.29 is 28.7 Å². The van der Waals surface area contributed by atoms with Gasteiger partial charge in [-0.1, -0.05) is 39.5 Å². The molecule has 0 unspecified atom stereocenters. The van der Waals surface area contributed by atoms with Crippen LogP contribution >= 0.6 is 11.8 Å². The molecular weight excluding hydrogens is 360 g/mol. The van der Waals surface area contributed by atoms with Crippen LogP contribution in [0.2, 0.25) is 0 Å². The molecule has 1 saturated heterocycles. The van der Waals surface area contributed by atoms with Crippen LogP contribution in [-0.2, 0) is 23.9 Å². The monoisotopic (exact) mass is 388 g/mol. The van der Waals surface area contributed by atoms with E-state index in [1.807, 2.05) is 13.8 Å². The Hall–Kier alpha value is -1.77. The number of carbonyl (C=O) groups excluding carboxylic acids is 4. The van der Waals surface area contributed by atoms with Gasteiger partial charge in [-0.25, -0.2) is 4.79 Å². The number of nitrogens with one attached hydrogen (secondary N) is 2. The standard InChI is InChI=1S/C17H28N2O6S/c1-11(2)9-13(21)26-8-7-18-12(20)5-6-19-15(22)14-17(3,4)10-24-16(23)25-14/h11,14H,5-10H2,1-4H3,(H,18,20)(H,19,22)/t14-/m0/s1. The molecule has 0 bridgehead atoms. The van der Waals surface area contributed by atoms with Gasteiger partial charge in [-0.3, -0.25) is 14.4 Å². The van der Waals surface area contributed by atoms with Crippen molar-refractivity contribution in [3.05, 3.63) is 0 Å². The zero-order chi connectivity index (χ0) is 19.7. The highest BCUT2D eigenvalue weighted by Gasteiger charge is 2.43. The molecule has 0 aromatic heterocycles. The molecule has 8 nitrogen and oxygen atoms in total. The number of hydrogen-bond donors (Lipinski definition) is 2. The second-order valence-electron chi connectivity index (χ2n) is 7.23. The normalized spacial score (nSPS) is 18.7. The van der Waals surface area contributed by atoms with Crippen molar-refractivity contribution in [1.29, 1.82) is 0 Å². The van der Waals surface area contributed by atoms with E-state index >= 15 is 0 Å². The average molecular weight is 388 g/mol. The van der Waals surface area contributed by atoms with Gasteiger partial charge in [0.05, 0.1) is 0 Å². The largest absolute Gasteiger partial charge is 0.509 e. The maximum atomic E-state index is 12.1. The molecule has 148 valence electrons. The van der Waals surface area contributed by atoms with E-state index in [1.165, 1.54) is 11.8 Å². The van der Waals surface area contributed by atoms with Crippen molar-refractivity contribution in [1.82, 2.24) is 10.6 Å². The quantitative estimate of drug-likeness (QED) is 0.454. The number of rotatable bonds is 9. The molecular formula is C17H28N2O6S. The van der Waals surface area contributed by atoms with E-state index in [9.17, 15) is 19.2 Å². The summed E-state index contributed by atoms with van der Waals surface area (Å²) in [7, 11) is 0. The summed E-state index contributed by atoms with van der Waals surface area (Å²) in [5.41, 5.74) is -0.639. The van der Waals surface area contributed by atoms with Gasteiger partial charge in [0.2, 0.25) is 5.91 Å². The van der Waals surface area contributed by atoms with Crippen molar-refractivity contribution in [3.8, 4) is 0 Å². The lowest BCUT2D eigenvalue weighted by Crippen LogP contribution is -2.52. The lowest BCUT2D eigenvalue weighted by molar-refractivity contribution is -0.149. The van der Waals surface area contributed by atoms with Gasteiger partial charge in [-0.15, -0.1) is 0 Å². The first-order valence-electron chi connectivity index (χ1n) is 8.65. The van der Waals surface area contributed by atoms with Crippen LogP contribution < -0.4 is 10.6 Å². The maximum Gasteiger partial charge on any atom is 0.509 e. The third-order valence-electron chi connectivity index (χ3n) is 3.64. The van der Waals surface area contributed by atoms with Crippen LogP contribution in [0.1, 0.15) is 40.5 Å². The van der Waals surface area contributed by atoms with Crippen LogP contribution in [-0.4, -0.2) is 54.6 Å². The van der Waals surface area contributed by atoms with E-state index in [0.29, 0.717) is 24.6 Å². The highest BCUT2D eigenvalue weighted by molar-refractivity contribution is 8.13. The van der Waals surface area contributed by atoms with Gasteiger partial charge in [0.25, 0.3) is 5.91 Å². The number of ether oxygens (including phenoxy) is 2. The maximum absolute atomic E-state index is 12.1. The lowest BCUT2D eigenvalue weighted by atomic mass is 9.86. The molecule has 1 atom stereocenters. The topological polar surface area (TPSA) is 111 Å². The molecule has 1 fully saturated rings. The smallest absolute Gasteiger partial charge is 0.434 e. The van der Waals surface area contributed by atoms with Crippen LogP contribution in [0.15, 0.2) is 0 Å². The summed E-state index contributed by atoms with van der Waals surface area (Å²) in [4.78, 5) is 46.6. The van der Waals surface area contributed by atoms with Crippen molar-refractivity contribution in [2.45, 2.75) is 46.6 Å². The van der Waals surface area contributed by atoms with Crippen LogP contribution in [0.3, 0.4) is 0 Å². The Labute approximate surface area is 158 Å². The first-order chi connectivity index (χ1) is 12.1. The molecule has 0 aromatic rings. The zero-order valence-corrected chi connectivity index (χ0v) is 16.6. The number of thioether (sulfide) groups is 1. The van der Waals surface area contributed by atoms with Crippen LogP contribution in [0.5, 0.6) is 0 Å². The average Bonchev–Trinajstić information content (AvgIpc) is 2.53. The minimum absolute atomic E-state index is 0.0948. The van der Waals surface area contributed by atoms with Gasteiger partial charge >= 0.3 is 6.16 Å². The summed E-state index contributed by atoms with van der Waals surface area (Å²) in [6.07, 6.45) is -1.19. The van der Waals surface area contributed by atoms with Crippen molar-refractivity contribution in [2.75, 3.05) is 25.4 Å². The second kappa shape index (κ2) is 10.4. The van der Waals surface area contributed by atoms with Crippen molar-refractivity contribution in [3.63, 3.8) is 0 Å². The van der Waals surface area contributed by atoms with E-state index in [2.05, 4.69) is 10.6 Å². The fourth-order valence-electron chi connectivity index (χ4n) is 2.25. The molecule has 1 aliphatic heterocycles. The fourth-order valence-corrected chi connectivity index (χ4v) is 3.13. The fraction of sp³-hybridized carbons (Fsp3) is 0.765. The molecule has 0 aromatic carbocycles. The van der Waals surface area contributed by atoms with Crippen LogP contribution in [0.4, 0.5) is 4.79 Å². The Morgan fingerprint density at radius 3 is 2.58 bits per heavy atom. The summed E-state index contributed by atoms with van der Waals surface area (Å²) in [6, 6.07) is 0. The summed E-state index contributed by atoms with van der Waals surface area (Å²) >= 11 is 1.21. The first-order valence-corrected chi connectivity index (χ1v) is 9.64. The highest BCUT2D eigenvalue weighted by atomic mass is 32.2. The predicted octanol–water partition coefficient (Wildman–Crippen LogP) is 1.48. The van der Waals surface area contributed by atoms with E-state index < -0.39 is 23.6 Å². The minimum atomic E-state index is -0.949. The van der Waals surface area contributed by atoms with Crippen LogP contribution in [0, 0.1) is 11.3 Å². The van der Waals surface area contributed by atoms with E-state index in [4.69, 9.17) is 9.47 Å². The zero-order valence-electron chi connectivity index (χ0n) is 15.8. The molecule has 1 aliphatic rings. The van der Waals surface area contributed by atoms with E-state index in [0.717, 1.165) is 0 Å². The molecule has 2 N–H and O–H groups in total. The minimum Gasteiger partial charge on any atom is -0.434 e. The molecule has 26 heavy (non-hydrogen) atoms. The first kappa shape index (κ1) is 22.3. The van der Waals surface area contributed by atoms with Crippen molar-refractivity contribution >= 4 is 34.8 Å². The summed E-state index contributed by atoms with van der Waals surface area (Å²) in [5.74, 6) is 0.184. The molecule has 0 aliphatic carbocycles. The predicted molar refractivity (Wildman–Crippen MR) is 97.6 cm³/mol. The van der Waals surface area contributed by atoms with Gasteiger partial charge in [0, 0.05) is 37.1 Å². The van der Waals surface area contributed by atoms with Gasteiger partial charge < -0.3 is 20.1 Å². The Morgan fingerprint density at radius 2 is 1.92 bits per heavy atom. The Kier molecular flexibility index (Phi) is 8.91. The third kappa shape index (κ3) is 8.07. The van der Waals surface area contributed by atoms with Gasteiger partial charge in [-0.05, 0) is 5.92 Å². The molecule has 1 rings (SSSR count). The Morgan fingerprint density at radius 1 is 1.23 bits per heavy atom. The summed E-state index contributed by atoms with van der Waals surface area (Å²) in [6.45, 7) is 8.11. The summed E-state index contributed by atoms with van der Waals surface area (Å²) < 4.78 is 9.72. The number of carbonyl (C=O) groups is 4. The van der Waals surface area contributed by atoms with Crippen LogP contribution in [0.25, 0.3) is 0 Å². The van der Waals surface area contributed by atoms with Crippen molar-refractivity contribution in [2.24, 2.45) is 11.3 Å². The van der Waals surface area contributed by atoms with E-state index in [1.54, 1.807) is 13.8 Å². The Bertz CT molecular complexity index is 535. The molecule has 0 saturated carbocycles. The molecule has 9 heteroatoms. The third-order valence-corrected chi connectivity index (χ3v) is 4.53. The Balaban J connectivity index is 2.20. The molecule has 2 amide bonds. The van der Waals surface area contributed by atoms with Gasteiger partial charge in [0.15, 0.2) is 11.2 Å². The van der Waals surface area contributed by atoms with Gasteiger partial charge in [-0.2, -0.15) is 0 Å². The molecule has 1 heterocycles. The second-order valence-corrected chi connectivity index (χ2v) is 8.39.